The standard InChI is InChI=1S/C21H20ClN3O3S/c1-3-10-25-20(27)15-9-8-14(13-17(15)23-21(25)29)19(26)24(2)11-12-28-18-7-5-4-6-16(18)22/h3-9,13H,1,10-12H2,2H3,(H,23,29). The van der Waals surface area contributed by atoms with Crippen molar-refractivity contribution in [3.8, 4) is 5.75 Å². The number of H-pyrrole nitrogens is 1. The number of nitrogens with one attached hydrogen (secondary N) is 1. The second-order valence-corrected chi connectivity index (χ2v) is 7.19. The number of benzene rings is 2. The average molecular weight is 430 g/mol. The van der Waals surface area contributed by atoms with Gasteiger partial charge < -0.3 is 14.6 Å². The molecule has 0 aliphatic heterocycles. The first-order valence-corrected chi connectivity index (χ1v) is 9.71. The van der Waals surface area contributed by atoms with Crippen LogP contribution in [0.25, 0.3) is 10.9 Å². The van der Waals surface area contributed by atoms with E-state index in [0.717, 1.165) is 0 Å². The van der Waals surface area contributed by atoms with Crippen LogP contribution in [-0.2, 0) is 6.54 Å². The van der Waals surface area contributed by atoms with Crippen molar-refractivity contribution in [2.24, 2.45) is 0 Å². The minimum absolute atomic E-state index is 0.191. The lowest BCUT2D eigenvalue weighted by molar-refractivity contribution is 0.0774. The molecule has 6 nitrogen and oxygen atoms in total. The van der Waals surface area contributed by atoms with E-state index in [4.69, 9.17) is 28.6 Å². The van der Waals surface area contributed by atoms with E-state index in [1.165, 1.54) is 4.57 Å². The molecule has 2 aromatic carbocycles. The number of carbonyl (C=O) groups is 1. The molecule has 0 radical (unpaired) electrons. The van der Waals surface area contributed by atoms with Crippen molar-refractivity contribution in [3.63, 3.8) is 0 Å². The predicted molar refractivity (Wildman–Crippen MR) is 117 cm³/mol. The Balaban J connectivity index is 1.75. The highest BCUT2D eigenvalue weighted by Gasteiger charge is 2.14. The Morgan fingerprint density at radius 3 is 2.83 bits per heavy atom. The van der Waals surface area contributed by atoms with Gasteiger partial charge in [0.15, 0.2) is 4.77 Å². The summed E-state index contributed by atoms with van der Waals surface area (Å²) in [5, 5.41) is 0.982. The molecule has 3 rings (SSSR count). The summed E-state index contributed by atoms with van der Waals surface area (Å²) in [4.78, 5) is 29.9. The Morgan fingerprint density at radius 2 is 2.10 bits per heavy atom. The van der Waals surface area contributed by atoms with Crippen LogP contribution in [0.4, 0.5) is 0 Å². The zero-order valence-corrected chi connectivity index (χ0v) is 17.4. The van der Waals surface area contributed by atoms with E-state index in [1.54, 1.807) is 48.4 Å². The van der Waals surface area contributed by atoms with E-state index in [1.807, 2.05) is 12.1 Å². The number of likely N-dealkylation sites (N-methyl/N-ethyl adjacent to an activating group) is 1. The number of halogens is 1. The third kappa shape index (κ3) is 4.58. The molecule has 1 aromatic heterocycles. The fraction of sp³-hybridized carbons (Fsp3) is 0.190. The number of hydrogen-bond donors (Lipinski definition) is 1. The molecule has 1 N–H and O–H groups in total. The van der Waals surface area contributed by atoms with Crippen LogP contribution in [0.1, 0.15) is 10.4 Å². The van der Waals surface area contributed by atoms with E-state index in [0.29, 0.717) is 46.9 Å². The Kier molecular flexibility index (Phi) is 6.51. The summed E-state index contributed by atoms with van der Waals surface area (Å²) in [6.45, 7) is 4.63. The number of aromatic amines is 1. The summed E-state index contributed by atoms with van der Waals surface area (Å²) in [7, 11) is 1.69. The molecule has 1 heterocycles. The molecule has 0 atom stereocenters. The van der Waals surface area contributed by atoms with Gasteiger partial charge in [0.25, 0.3) is 11.5 Å². The summed E-state index contributed by atoms with van der Waals surface area (Å²) >= 11 is 11.3. The fourth-order valence-corrected chi connectivity index (χ4v) is 3.32. The highest BCUT2D eigenvalue weighted by Crippen LogP contribution is 2.23. The summed E-state index contributed by atoms with van der Waals surface area (Å²) in [6.07, 6.45) is 1.61. The summed E-state index contributed by atoms with van der Waals surface area (Å²) in [5.74, 6) is 0.383. The second kappa shape index (κ2) is 9.07. The van der Waals surface area contributed by atoms with E-state index in [9.17, 15) is 9.59 Å². The van der Waals surface area contributed by atoms with Crippen molar-refractivity contribution in [3.05, 3.63) is 80.8 Å². The topological polar surface area (TPSA) is 67.3 Å². The number of fused-ring (bicyclic) bond motifs is 1. The van der Waals surface area contributed by atoms with Gasteiger partial charge in [-0.3, -0.25) is 14.2 Å². The molecule has 0 saturated heterocycles. The van der Waals surface area contributed by atoms with Crippen molar-refractivity contribution >= 4 is 40.6 Å². The number of rotatable bonds is 7. The molecule has 0 aliphatic rings. The van der Waals surface area contributed by atoms with Crippen LogP contribution in [-0.4, -0.2) is 40.6 Å². The highest BCUT2D eigenvalue weighted by atomic mass is 35.5. The van der Waals surface area contributed by atoms with Crippen LogP contribution >= 0.6 is 23.8 Å². The number of ether oxygens (including phenoxy) is 1. The molecule has 0 bridgehead atoms. The van der Waals surface area contributed by atoms with Gasteiger partial charge in [0.05, 0.1) is 22.5 Å². The summed E-state index contributed by atoms with van der Waals surface area (Å²) < 4.78 is 7.34. The molecular weight excluding hydrogens is 410 g/mol. The maximum atomic E-state index is 12.7. The number of nitrogens with zero attached hydrogens (tertiary/aromatic N) is 2. The molecule has 8 heteroatoms. The van der Waals surface area contributed by atoms with Crippen molar-refractivity contribution in [2.75, 3.05) is 20.2 Å². The molecule has 150 valence electrons. The SMILES string of the molecule is C=CCn1c(=S)[nH]c2cc(C(=O)N(C)CCOc3ccccc3Cl)ccc2c1=O. The predicted octanol–water partition coefficient (Wildman–Crippen LogP) is 4.05. The first-order valence-electron chi connectivity index (χ1n) is 8.93. The second-order valence-electron chi connectivity index (χ2n) is 6.40. The van der Waals surface area contributed by atoms with Gasteiger partial charge in [0.1, 0.15) is 12.4 Å². The van der Waals surface area contributed by atoms with Gasteiger partial charge in [-0.2, -0.15) is 0 Å². The summed E-state index contributed by atoms with van der Waals surface area (Å²) in [6, 6.07) is 12.1. The van der Waals surface area contributed by atoms with Crippen molar-refractivity contribution in [2.45, 2.75) is 6.54 Å². The van der Waals surface area contributed by atoms with Gasteiger partial charge in [-0.15, -0.1) is 6.58 Å². The first kappa shape index (κ1) is 20.8. The number of carbonyl (C=O) groups excluding carboxylic acids is 1. The molecule has 0 aliphatic carbocycles. The monoisotopic (exact) mass is 429 g/mol. The van der Waals surface area contributed by atoms with Crippen LogP contribution in [0.5, 0.6) is 5.75 Å². The largest absolute Gasteiger partial charge is 0.490 e. The zero-order valence-electron chi connectivity index (χ0n) is 15.9. The minimum Gasteiger partial charge on any atom is -0.490 e. The lowest BCUT2D eigenvalue weighted by Gasteiger charge is -2.18. The van der Waals surface area contributed by atoms with Crippen molar-refractivity contribution in [1.29, 1.82) is 0 Å². The van der Waals surface area contributed by atoms with Gasteiger partial charge in [-0.05, 0) is 42.5 Å². The molecule has 1 amide bonds. The number of hydrogen-bond acceptors (Lipinski definition) is 4. The number of aromatic nitrogens is 2. The lowest BCUT2D eigenvalue weighted by Crippen LogP contribution is -2.31. The Morgan fingerprint density at radius 1 is 1.34 bits per heavy atom. The molecule has 3 aromatic rings. The van der Waals surface area contributed by atoms with Gasteiger partial charge in [-0.1, -0.05) is 29.8 Å². The normalized spacial score (nSPS) is 10.7. The third-order valence-corrected chi connectivity index (χ3v) is 5.04. The van der Waals surface area contributed by atoms with Crippen LogP contribution in [0.15, 0.2) is 59.9 Å². The zero-order chi connectivity index (χ0) is 21.0. The van der Waals surface area contributed by atoms with E-state index in [2.05, 4.69) is 11.6 Å². The minimum atomic E-state index is -0.218. The van der Waals surface area contributed by atoms with Crippen molar-refractivity contribution in [1.82, 2.24) is 14.5 Å². The van der Waals surface area contributed by atoms with E-state index < -0.39 is 0 Å². The molecule has 0 spiro atoms. The quantitative estimate of drug-likeness (QED) is 0.454. The maximum Gasteiger partial charge on any atom is 0.262 e. The van der Waals surface area contributed by atoms with Gasteiger partial charge >= 0.3 is 0 Å². The maximum absolute atomic E-state index is 12.7. The first-order chi connectivity index (χ1) is 13.9. The van der Waals surface area contributed by atoms with Crippen LogP contribution in [0, 0.1) is 4.77 Å². The lowest BCUT2D eigenvalue weighted by atomic mass is 10.1. The van der Waals surface area contributed by atoms with Crippen molar-refractivity contribution < 1.29 is 9.53 Å². The smallest absolute Gasteiger partial charge is 0.262 e. The van der Waals surface area contributed by atoms with Crippen LogP contribution in [0.3, 0.4) is 0 Å². The van der Waals surface area contributed by atoms with Gasteiger partial charge in [0, 0.05) is 19.2 Å². The Bertz CT molecular complexity index is 1190. The highest BCUT2D eigenvalue weighted by molar-refractivity contribution is 7.71. The van der Waals surface area contributed by atoms with Crippen LogP contribution in [0.2, 0.25) is 5.02 Å². The molecule has 29 heavy (non-hydrogen) atoms. The molecular formula is C21H20ClN3O3S. The van der Waals surface area contributed by atoms with Gasteiger partial charge in [-0.25, -0.2) is 0 Å². The van der Waals surface area contributed by atoms with E-state index >= 15 is 0 Å². The molecule has 0 unspecified atom stereocenters. The Labute approximate surface area is 178 Å². The van der Waals surface area contributed by atoms with Gasteiger partial charge in [0.2, 0.25) is 0 Å². The Hall–Kier alpha value is -2.90. The number of amides is 1. The molecule has 0 fully saturated rings. The number of para-hydroxylation sites is 1. The number of allylic oxidation sites excluding steroid dienone is 1. The fourth-order valence-electron chi connectivity index (χ4n) is 2.86. The molecule has 0 saturated carbocycles. The van der Waals surface area contributed by atoms with Crippen LogP contribution < -0.4 is 10.3 Å². The summed E-state index contributed by atoms with van der Waals surface area (Å²) in [5.41, 5.74) is 0.750. The van der Waals surface area contributed by atoms with E-state index in [-0.39, 0.29) is 16.2 Å². The third-order valence-electron chi connectivity index (χ3n) is 4.41. The average Bonchev–Trinajstić information content (AvgIpc) is 2.71.